The molecule has 2 aromatic carbocycles. The molecule has 1 heterocycles. The molecule has 0 aromatic heterocycles. The molecule has 38 heavy (non-hydrogen) atoms. The second-order valence-corrected chi connectivity index (χ2v) is 9.84. The summed E-state index contributed by atoms with van der Waals surface area (Å²) in [7, 11) is 1.43. The number of methoxy groups -OCH3 is 1. The van der Waals surface area contributed by atoms with Crippen LogP contribution in [0.25, 0.3) is 0 Å². The van der Waals surface area contributed by atoms with Crippen LogP contribution >= 0.6 is 23.2 Å². The Labute approximate surface area is 229 Å². The number of nitrogens with one attached hydrogen (secondary N) is 1. The maximum atomic E-state index is 13.3. The van der Waals surface area contributed by atoms with E-state index in [-0.39, 0.29) is 43.3 Å². The van der Waals surface area contributed by atoms with Crippen LogP contribution < -0.4 is 14.8 Å². The van der Waals surface area contributed by atoms with Crippen molar-refractivity contribution in [3.05, 3.63) is 68.7 Å². The summed E-state index contributed by atoms with van der Waals surface area (Å²) in [6, 6.07) is 7.18. The van der Waals surface area contributed by atoms with Gasteiger partial charge < -0.3 is 29.9 Å². The van der Waals surface area contributed by atoms with E-state index in [1.807, 2.05) is 0 Å². The first-order valence-electron chi connectivity index (χ1n) is 12.1. The third kappa shape index (κ3) is 5.24. The van der Waals surface area contributed by atoms with Crippen molar-refractivity contribution in [2.75, 3.05) is 20.3 Å². The number of nitrogens with zero attached hydrogens (tertiary/aromatic N) is 1. The highest BCUT2D eigenvalue weighted by Crippen LogP contribution is 2.51. The Morgan fingerprint density at radius 1 is 1.21 bits per heavy atom. The number of carbonyl (C=O) groups is 3. The van der Waals surface area contributed by atoms with Gasteiger partial charge in [0.25, 0.3) is 0 Å². The quantitative estimate of drug-likeness (QED) is 0.401. The predicted octanol–water partition coefficient (Wildman–Crippen LogP) is 2.88. The normalized spacial score (nSPS) is 21.5. The molecule has 1 aliphatic carbocycles. The molecule has 9 nitrogen and oxygen atoms in total. The topological polar surface area (TPSA) is 125 Å². The Bertz CT molecular complexity index is 1280. The highest BCUT2D eigenvalue weighted by molar-refractivity contribution is 6.42. The van der Waals surface area contributed by atoms with Gasteiger partial charge in [-0.3, -0.25) is 14.4 Å². The number of aliphatic hydroxyl groups is 2. The van der Waals surface area contributed by atoms with Crippen molar-refractivity contribution in [3.8, 4) is 11.5 Å². The van der Waals surface area contributed by atoms with Crippen LogP contribution in [0.15, 0.2) is 42.0 Å². The monoisotopic (exact) mass is 562 g/mol. The molecule has 0 unspecified atom stereocenters. The lowest BCUT2D eigenvalue weighted by molar-refractivity contribution is -0.137. The predicted molar refractivity (Wildman–Crippen MR) is 141 cm³/mol. The Balaban J connectivity index is 1.81. The van der Waals surface area contributed by atoms with E-state index < -0.39 is 30.1 Å². The highest BCUT2D eigenvalue weighted by atomic mass is 35.5. The molecule has 0 spiro atoms. The van der Waals surface area contributed by atoms with Gasteiger partial charge in [-0.25, -0.2) is 0 Å². The van der Waals surface area contributed by atoms with Crippen LogP contribution in [-0.4, -0.2) is 71.7 Å². The molecule has 202 valence electrons. The summed E-state index contributed by atoms with van der Waals surface area (Å²) < 4.78 is 11.6. The van der Waals surface area contributed by atoms with E-state index in [2.05, 4.69) is 5.32 Å². The fraction of sp³-hybridized carbons (Fsp3) is 0.370. The van der Waals surface area contributed by atoms with Crippen LogP contribution in [0, 0.1) is 0 Å². The van der Waals surface area contributed by atoms with Crippen molar-refractivity contribution in [2.24, 2.45) is 0 Å². The standard InChI is InChI=1S/C27H28Cl2N2O7/c1-3-22(34)31(12-14-4-5-18(28)19(29)9-14)20-11-17(27(36)30-6-7-32)23-16-8-15(13-33)10-21(37-2)25(16)38-26(23)24(20)35/h4-5,8-11,13,20,23-24,26,32,35H,3,6-7,12H2,1-2H3,(H,30,36)/t20-,23+,24+,26+/m1/s1. The van der Waals surface area contributed by atoms with Crippen LogP contribution in [-0.2, 0) is 16.1 Å². The molecule has 2 amide bonds. The number of halogens is 2. The number of hydrogen-bond acceptors (Lipinski definition) is 7. The second kappa shape index (κ2) is 11.7. The minimum absolute atomic E-state index is 0.00702. The zero-order chi connectivity index (χ0) is 27.6. The van der Waals surface area contributed by atoms with E-state index >= 15 is 0 Å². The molecule has 0 radical (unpaired) electrons. The van der Waals surface area contributed by atoms with E-state index in [0.717, 1.165) is 0 Å². The summed E-state index contributed by atoms with van der Waals surface area (Å²) >= 11 is 12.2. The van der Waals surface area contributed by atoms with Gasteiger partial charge in [-0.2, -0.15) is 0 Å². The van der Waals surface area contributed by atoms with Gasteiger partial charge >= 0.3 is 0 Å². The molecule has 0 saturated carbocycles. The number of hydrogen-bond donors (Lipinski definition) is 3. The van der Waals surface area contributed by atoms with Crippen molar-refractivity contribution in [1.82, 2.24) is 10.2 Å². The molecular weight excluding hydrogens is 535 g/mol. The lowest BCUT2D eigenvalue weighted by atomic mass is 9.77. The largest absolute Gasteiger partial charge is 0.493 e. The molecule has 4 atom stereocenters. The second-order valence-electron chi connectivity index (χ2n) is 9.03. The van der Waals surface area contributed by atoms with Crippen LogP contribution in [0.4, 0.5) is 0 Å². The molecule has 3 N–H and O–H groups in total. The summed E-state index contributed by atoms with van der Waals surface area (Å²) in [6.07, 6.45) is 0.181. The number of rotatable bonds is 9. The molecule has 0 fully saturated rings. The Morgan fingerprint density at radius 2 is 1.97 bits per heavy atom. The van der Waals surface area contributed by atoms with Gasteiger partial charge in [0.05, 0.1) is 35.7 Å². The van der Waals surface area contributed by atoms with Crippen molar-refractivity contribution in [1.29, 1.82) is 0 Å². The maximum absolute atomic E-state index is 13.3. The smallest absolute Gasteiger partial charge is 0.247 e. The number of ether oxygens (including phenoxy) is 2. The van der Waals surface area contributed by atoms with E-state index in [0.29, 0.717) is 38.8 Å². The molecule has 2 aliphatic rings. The third-order valence-corrected chi connectivity index (χ3v) is 7.47. The minimum Gasteiger partial charge on any atom is -0.493 e. The van der Waals surface area contributed by atoms with E-state index in [1.54, 1.807) is 37.3 Å². The zero-order valence-corrected chi connectivity index (χ0v) is 22.3. The Hall–Kier alpha value is -3.11. The first kappa shape index (κ1) is 27.9. The number of fused-ring (bicyclic) bond motifs is 3. The molecule has 2 aromatic rings. The summed E-state index contributed by atoms with van der Waals surface area (Å²) in [4.78, 5) is 39.5. The van der Waals surface area contributed by atoms with Crippen LogP contribution in [0.5, 0.6) is 11.5 Å². The molecular formula is C27H28Cl2N2O7. The average Bonchev–Trinajstić information content (AvgIpc) is 3.32. The lowest BCUT2D eigenvalue weighted by Gasteiger charge is -2.40. The SMILES string of the molecule is CCC(=O)N(Cc1ccc(Cl)c(Cl)c1)[C@@H]1C=C(C(=O)NCCO)[C@@H]2c3cc(C=O)cc(OC)c3O[C@@H]2[C@H]1O. The Kier molecular flexibility index (Phi) is 8.62. The van der Waals surface area contributed by atoms with Gasteiger partial charge in [-0.1, -0.05) is 36.2 Å². The molecule has 4 rings (SSSR count). The molecule has 1 aliphatic heterocycles. The lowest BCUT2D eigenvalue weighted by Crippen LogP contribution is -2.55. The van der Waals surface area contributed by atoms with Crippen molar-refractivity contribution in [2.45, 2.75) is 44.1 Å². The van der Waals surface area contributed by atoms with Crippen molar-refractivity contribution < 1.29 is 34.1 Å². The van der Waals surface area contributed by atoms with E-state index in [4.69, 9.17) is 32.7 Å². The Morgan fingerprint density at radius 3 is 2.61 bits per heavy atom. The van der Waals surface area contributed by atoms with Crippen LogP contribution in [0.2, 0.25) is 10.0 Å². The van der Waals surface area contributed by atoms with E-state index in [9.17, 15) is 24.6 Å². The summed E-state index contributed by atoms with van der Waals surface area (Å²) in [5.41, 5.74) is 1.75. The molecule has 11 heteroatoms. The van der Waals surface area contributed by atoms with Gasteiger partial charge in [-0.05, 0) is 35.9 Å². The minimum atomic E-state index is -1.23. The number of benzene rings is 2. The summed E-state index contributed by atoms with van der Waals surface area (Å²) in [6.45, 7) is 1.53. The van der Waals surface area contributed by atoms with Crippen LogP contribution in [0.1, 0.15) is 40.7 Å². The molecule has 0 bridgehead atoms. The van der Waals surface area contributed by atoms with Crippen molar-refractivity contribution >= 4 is 41.3 Å². The fourth-order valence-corrected chi connectivity index (χ4v) is 5.28. The summed E-state index contributed by atoms with van der Waals surface area (Å²) in [5, 5.41) is 24.2. The number of amides is 2. The van der Waals surface area contributed by atoms with Gasteiger partial charge in [0, 0.05) is 36.2 Å². The van der Waals surface area contributed by atoms with Crippen molar-refractivity contribution in [3.63, 3.8) is 0 Å². The van der Waals surface area contributed by atoms with Crippen LogP contribution in [0.3, 0.4) is 0 Å². The van der Waals surface area contributed by atoms with Gasteiger partial charge in [0.2, 0.25) is 11.8 Å². The zero-order valence-electron chi connectivity index (χ0n) is 20.8. The van der Waals surface area contributed by atoms with Gasteiger partial charge in [0.1, 0.15) is 18.5 Å². The highest BCUT2D eigenvalue weighted by Gasteiger charge is 2.51. The van der Waals surface area contributed by atoms with Gasteiger partial charge in [-0.15, -0.1) is 0 Å². The third-order valence-electron chi connectivity index (χ3n) is 6.73. The van der Waals surface area contributed by atoms with E-state index in [1.165, 1.54) is 18.1 Å². The van der Waals surface area contributed by atoms with Gasteiger partial charge in [0.15, 0.2) is 11.5 Å². The first-order chi connectivity index (χ1) is 18.2. The first-order valence-corrected chi connectivity index (χ1v) is 12.9. The fourth-order valence-electron chi connectivity index (χ4n) is 4.96. The number of aliphatic hydroxyl groups excluding tert-OH is 2. The number of carbonyl (C=O) groups excluding carboxylic acids is 3. The average molecular weight is 563 g/mol. The summed E-state index contributed by atoms with van der Waals surface area (Å²) in [5.74, 6) is -0.897. The molecule has 0 saturated heterocycles. The maximum Gasteiger partial charge on any atom is 0.247 e. The number of aldehydes is 1.